The Morgan fingerprint density at radius 1 is 1.04 bits per heavy atom. The van der Waals surface area contributed by atoms with Crippen molar-refractivity contribution in [3.63, 3.8) is 0 Å². The minimum atomic E-state index is -0.459. The van der Waals surface area contributed by atoms with E-state index in [9.17, 15) is 9.59 Å². The van der Waals surface area contributed by atoms with Crippen molar-refractivity contribution in [2.24, 2.45) is 0 Å². The van der Waals surface area contributed by atoms with Crippen molar-refractivity contribution in [2.75, 3.05) is 13.7 Å². The first-order chi connectivity index (χ1) is 12.9. The molecule has 0 fully saturated rings. The Balaban J connectivity index is 1.85. The minimum Gasteiger partial charge on any atom is -0.496 e. The number of hydrogen-bond donors (Lipinski definition) is 2. The first-order valence-electron chi connectivity index (χ1n) is 8.51. The van der Waals surface area contributed by atoms with Crippen LogP contribution in [0.2, 0.25) is 0 Å². The molecule has 0 radical (unpaired) electrons. The molecule has 142 valence electrons. The highest BCUT2D eigenvalue weighted by Crippen LogP contribution is 2.22. The maximum Gasteiger partial charge on any atom is 0.276 e. The predicted octanol–water partition coefficient (Wildman–Crippen LogP) is 2.86. The monoisotopic (exact) mass is 368 g/mol. The van der Waals surface area contributed by atoms with Gasteiger partial charge in [0.05, 0.1) is 7.11 Å². The van der Waals surface area contributed by atoms with Gasteiger partial charge in [0.25, 0.3) is 11.8 Å². The van der Waals surface area contributed by atoms with Crippen molar-refractivity contribution < 1.29 is 19.1 Å². The number of para-hydroxylation sites is 1. The number of carbonyl (C=O) groups is 2. The van der Waals surface area contributed by atoms with Crippen LogP contribution < -0.4 is 20.3 Å². The smallest absolute Gasteiger partial charge is 0.276 e. The van der Waals surface area contributed by atoms with Gasteiger partial charge < -0.3 is 9.47 Å². The lowest BCUT2D eigenvalue weighted by Gasteiger charge is -2.12. The number of ether oxygens (including phenoxy) is 2. The van der Waals surface area contributed by atoms with E-state index < -0.39 is 11.8 Å². The summed E-state index contributed by atoms with van der Waals surface area (Å²) in [6.45, 7) is 5.58. The van der Waals surface area contributed by atoms with E-state index in [1.165, 1.54) is 6.08 Å². The zero-order valence-electron chi connectivity index (χ0n) is 16.0. The maximum atomic E-state index is 11.9. The van der Waals surface area contributed by atoms with Crippen LogP contribution >= 0.6 is 0 Å². The van der Waals surface area contributed by atoms with Gasteiger partial charge in [-0.1, -0.05) is 29.8 Å². The molecule has 2 rings (SSSR count). The molecule has 2 aromatic carbocycles. The molecule has 0 saturated carbocycles. The summed E-state index contributed by atoms with van der Waals surface area (Å²) in [6, 6.07) is 11.4. The van der Waals surface area contributed by atoms with Crippen LogP contribution in [0, 0.1) is 20.8 Å². The van der Waals surface area contributed by atoms with Gasteiger partial charge in [-0.25, -0.2) is 0 Å². The molecule has 0 bridgehead atoms. The maximum absolute atomic E-state index is 11.9. The molecular weight excluding hydrogens is 344 g/mol. The van der Waals surface area contributed by atoms with Gasteiger partial charge in [-0.3, -0.25) is 20.4 Å². The molecule has 2 amide bonds. The molecule has 6 heteroatoms. The SMILES string of the molecule is COc1ccc(C)cc1/C=C/C(=O)NNC(=O)COc1c(C)cccc1C. The Morgan fingerprint density at radius 2 is 1.74 bits per heavy atom. The minimum absolute atomic E-state index is 0.193. The molecule has 6 nitrogen and oxygen atoms in total. The van der Waals surface area contributed by atoms with Crippen LogP contribution in [0.3, 0.4) is 0 Å². The number of amides is 2. The Morgan fingerprint density at radius 3 is 2.41 bits per heavy atom. The number of benzene rings is 2. The summed E-state index contributed by atoms with van der Waals surface area (Å²) in [4.78, 5) is 23.8. The summed E-state index contributed by atoms with van der Waals surface area (Å²) in [7, 11) is 1.57. The molecule has 0 aromatic heterocycles. The molecule has 0 aliphatic carbocycles. The van der Waals surface area contributed by atoms with Crippen molar-refractivity contribution in [3.8, 4) is 11.5 Å². The summed E-state index contributed by atoms with van der Waals surface area (Å²) in [5.41, 5.74) is 8.36. The van der Waals surface area contributed by atoms with Gasteiger partial charge in [0.1, 0.15) is 11.5 Å². The number of methoxy groups -OCH3 is 1. The fourth-order valence-electron chi connectivity index (χ4n) is 2.52. The van der Waals surface area contributed by atoms with E-state index in [0.29, 0.717) is 11.5 Å². The standard InChI is InChI=1S/C21H24N2O4/c1-14-8-10-18(26-4)17(12-14)9-11-19(24)22-23-20(25)13-27-21-15(2)6-5-7-16(21)3/h5-12H,13H2,1-4H3,(H,22,24)(H,23,25)/b11-9+. The molecule has 0 aliphatic heterocycles. The van der Waals surface area contributed by atoms with Gasteiger partial charge in [-0.05, 0) is 50.1 Å². The summed E-state index contributed by atoms with van der Waals surface area (Å²) in [5, 5.41) is 0. The average molecular weight is 368 g/mol. The third-order valence-corrected chi connectivity index (χ3v) is 3.88. The van der Waals surface area contributed by atoms with Gasteiger partial charge in [-0.15, -0.1) is 0 Å². The summed E-state index contributed by atoms with van der Waals surface area (Å²) >= 11 is 0. The fourth-order valence-corrected chi connectivity index (χ4v) is 2.52. The van der Waals surface area contributed by atoms with E-state index in [-0.39, 0.29) is 6.61 Å². The van der Waals surface area contributed by atoms with Crippen LogP contribution in [-0.4, -0.2) is 25.5 Å². The van der Waals surface area contributed by atoms with Gasteiger partial charge in [0, 0.05) is 11.6 Å². The van der Waals surface area contributed by atoms with E-state index in [2.05, 4.69) is 10.9 Å². The van der Waals surface area contributed by atoms with Gasteiger partial charge in [0.15, 0.2) is 6.61 Å². The van der Waals surface area contributed by atoms with Crippen molar-refractivity contribution in [3.05, 3.63) is 64.7 Å². The predicted molar refractivity (Wildman–Crippen MR) is 104 cm³/mol. The first-order valence-corrected chi connectivity index (χ1v) is 8.51. The van der Waals surface area contributed by atoms with E-state index in [4.69, 9.17) is 9.47 Å². The summed E-state index contributed by atoms with van der Waals surface area (Å²) in [5.74, 6) is 0.424. The highest BCUT2D eigenvalue weighted by molar-refractivity contribution is 5.93. The molecule has 0 atom stereocenters. The number of hydrazine groups is 1. The Hall–Kier alpha value is -3.28. The number of aryl methyl sites for hydroxylation is 3. The topological polar surface area (TPSA) is 76.7 Å². The van der Waals surface area contributed by atoms with Gasteiger partial charge in [0.2, 0.25) is 0 Å². The molecule has 27 heavy (non-hydrogen) atoms. The van der Waals surface area contributed by atoms with Crippen molar-refractivity contribution >= 4 is 17.9 Å². The van der Waals surface area contributed by atoms with Gasteiger partial charge >= 0.3 is 0 Å². The third kappa shape index (κ3) is 5.88. The number of nitrogens with one attached hydrogen (secondary N) is 2. The number of hydrogen-bond acceptors (Lipinski definition) is 4. The third-order valence-electron chi connectivity index (χ3n) is 3.88. The van der Waals surface area contributed by atoms with E-state index in [1.54, 1.807) is 13.2 Å². The Bertz CT molecular complexity index is 839. The second-order valence-corrected chi connectivity index (χ2v) is 6.13. The molecule has 2 aromatic rings. The fraction of sp³-hybridized carbons (Fsp3) is 0.238. The van der Waals surface area contributed by atoms with Crippen LogP contribution in [0.15, 0.2) is 42.5 Å². The largest absolute Gasteiger partial charge is 0.496 e. The van der Waals surface area contributed by atoms with Crippen LogP contribution in [0.4, 0.5) is 0 Å². The van der Waals surface area contributed by atoms with Crippen LogP contribution in [0.25, 0.3) is 6.08 Å². The normalized spacial score (nSPS) is 10.5. The lowest BCUT2D eigenvalue weighted by Crippen LogP contribution is -2.43. The van der Waals surface area contributed by atoms with E-state index in [1.807, 2.05) is 57.2 Å². The van der Waals surface area contributed by atoms with Crippen LogP contribution in [0.1, 0.15) is 22.3 Å². The lowest BCUT2D eigenvalue weighted by molar-refractivity contribution is -0.128. The highest BCUT2D eigenvalue weighted by Gasteiger charge is 2.08. The lowest BCUT2D eigenvalue weighted by atomic mass is 10.1. The number of rotatable bonds is 6. The molecule has 2 N–H and O–H groups in total. The second kappa shape index (κ2) is 9.43. The Kier molecular flexibility index (Phi) is 7.00. The Labute approximate surface area is 159 Å². The van der Waals surface area contributed by atoms with Crippen LogP contribution in [0.5, 0.6) is 11.5 Å². The van der Waals surface area contributed by atoms with Crippen molar-refractivity contribution in [2.45, 2.75) is 20.8 Å². The first kappa shape index (κ1) is 20.0. The molecular formula is C21H24N2O4. The van der Waals surface area contributed by atoms with E-state index >= 15 is 0 Å². The molecule has 0 heterocycles. The summed E-state index contributed by atoms with van der Waals surface area (Å²) < 4.78 is 10.8. The van der Waals surface area contributed by atoms with E-state index in [0.717, 1.165) is 22.3 Å². The van der Waals surface area contributed by atoms with Crippen LogP contribution in [-0.2, 0) is 9.59 Å². The average Bonchev–Trinajstić information content (AvgIpc) is 2.64. The molecule has 0 aliphatic rings. The zero-order valence-corrected chi connectivity index (χ0v) is 16.0. The summed E-state index contributed by atoms with van der Waals surface area (Å²) in [6.07, 6.45) is 2.95. The van der Waals surface area contributed by atoms with Gasteiger partial charge in [-0.2, -0.15) is 0 Å². The second-order valence-electron chi connectivity index (χ2n) is 6.13. The highest BCUT2D eigenvalue weighted by atomic mass is 16.5. The molecule has 0 unspecified atom stereocenters. The molecule has 0 spiro atoms. The quantitative estimate of drug-likeness (QED) is 0.607. The molecule has 0 saturated heterocycles. The van der Waals surface area contributed by atoms with Crippen molar-refractivity contribution in [1.29, 1.82) is 0 Å². The van der Waals surface area contributed by atoms with Crippen molar-refractivity contribution in [1.82, 2.24) is 10.9 Å². The zero-order chi connectivity index (χ0) is 19.8. The number of carbonyl (C=O) groups excluding carboxylic acids is 2.